The molecule has 0 bridgehead atoms. The average molecular weight is 233 g/mol. The molecule has 0 atom stereocenters. The van der Waals surface area contributed by atoms with Crippen molar-refractivity contribution >= 4 is 23.0 Å². The van der Waals surface area contributed by atoms with Crippen molar-refractivity contribution in [2.45, 2.75) is 0 Å². The molecule has 0 saturated heterocycles. The second-order valence-electron chi connectivity index (χ2n) is 3.20. The van der Waals surface area contributed by atoms with Gasteiger partial charge in [0, 0.05) is 5.02 Å². The Hall–Kier alpha value is -1.87. The number of rotatable bonds is 2. The van der Waals surface area contributed by atoms with E-state index in [-0.39, 0.29) is 5.75 Å². The van der Waals surface area contributed by atoms with Gasteiger partial charge in [-0.05, 0) is 42.5 Å². The molecule has 0 aliphatic carbocycles. The van der Waals surface area contributed by atoms with Crippen LogP contribution in [-0.2, 0) is 0 Å². The summed E-state index contributed by atoms with van der Waals surface area (Å²) in [6.07, 6.45) is 0. The molecule has 3 nitrogen and oxygen atoms in total. The van der Waals surface area contributed by atoms with Crippen molar-refractivity contribution in [2.24, 2.45) is 10.2 Å². The summed E-state index contributed by atoms with van der Waals surface area (Å²) in [5.41, 5.74) is 1.37. The van der Waals surface area contributed by atoms with E-state index >= 15 is 0 Å². The van der Waals surface area contributed by atoms with E-state index in [9.17, 15) is 0 Å². The molecule has 0 radical (unpaired) electrons. The van der Waals surface area contributed by atoms with Crippen LogP contribution in [0.3, 0.4) is 0 Å². The van der Waals surface area contributed by atoms with E-state index < -0.39 is 0 Å². The molecule has 0 heterocycles. The highest BCUT2D eigenvalue weighted by Gasteiger charge is 1.92. The standard InChI is InChI=1S/C12H9ClN2O/c13-9-2-1-3-11(8-9)15-14-10-4-6-12(16)7-5-10/h1-8,16H/b15-14+. The highest BCUT2D eigenvalue weighted by molar-refractivity contribution is 6.30. The maximum absolute atomic E-state index is 9.09. The van der Waals surface area contributed by atoms with Crippen LogP contribution in [0.2, 0.25) is 5.02 Å². The summed E-state index contributed by atoms with van der Waals surface area (Å²) in [7, 11) is 0. The Morgan fingerprint density at radius 1 is 0.875 bits per heavy atom. The second-order valence-corrected chi connectivity index (χ2v) is 3.63. The predicted molar refractivity (Wildman–Crippen MR) is 63.7 cm³/mol. The zero-order valence-corrected chi connectivity index (χ0v) is 9.09. The average Bonchev–Trinajstić information content (AvgIpc) is 2.28. The van der Waals surface area contributed by atoms with Gasteiger partial charge in [-0.1, -0.05) is 17.7 Å². The van der Waals surface area contributed by atoms with Gasteiger partial charge in [-0.15, -0.1) is 0 Å². The summed E-state index contributed by atoms with van der Waals surface area (Å²) in [6.45, 7) is 0. The van der Waals surface area contributed by atoms with Gasteiger partial charge in [0.15, 0.2) is 0 Å². The summed E-state index contributed by atoms with van der Waals surface area (Å²) in [5.74, 6) is 0.210. The van der Waals surface area contributed by atoms with Crippen molar-refractivity contribution in [1.29, 1.82) is 0 Å². The highest BCUT2D eigenvalue weighted by atomic mass is 35.5. The molecule has 0 fully saturated rings. The lowest BCUT2D eigenvalue weighted by Crippen LogP contribution is -1.66. The molecule has 0 aromatic heterocycles. The van der Waals surface area contributed by atoms with E-state index in [1.165, 1.54) is 0 Å². The number of hydrogen-bond donors (Lipinski definition) is 1. The van der Waals surface area contributed by atoms with Gasteiger partial charge in [0.05, 0.1) is 11.4 Å². The van der Waals surface area contributed by atoms with Gasteiger partial charge in [-0.3, -0.25) is 0 Å². The molecule has 2 rings (SSSR count). The van der Waals surface area contributed by atoms with Gasteiger partial charge < -0.3 is 5.11 Å². The number of phenolic OH excluding ortho intramolecular Hbond substituents is 1. The van der Waals surface area contributed by atoms with Crippen LogP contribution < -0.4 is 0 Å². The molecule has 0 unspecified atom stereocenters. The Bertz CT molecular complexity index is 509. The Kier molecular flexibility index (Phi) is 3.17. The first-order valence-electron chi connectivity index (χ1n) is 4.70. The third-order valence-electron chi connectivity index (χ3n) is 1.94. The molecule has 16 heavy (non-hydrogen) atoms. The molecule has 0 aliphatic heterocycles. The smallest absolute Gasteiger partial charge is 0.115 e. The Balaban J connectivity index is 2.18. The molecular weight excluding hydrogens is 224 g/mol. The van der Waals surface area contributed by atoms with Crippen LogP contribution in [0.4, 0.5) is 11.4 Å². The maximum atomic E-state index is 9.09. The minimum Gasteiger partial charge on any atom is -0.508 e. The number of benzene rings is 2. The number of aromatic hydroxyl groups is 1. The number of hydrogen-bond acceptors (Lipinski definition) is 3. The van der Waals surface area contributed by atoms with Gasteiger partial charge in [-0.2, -0.15) is 10.2 Å². The number of nitrogens with zero attached hydrogens (tertiary/aromatic N) is 2. The zero-order valence-electron chi connectivity index (χ0n) is 8.34. The normalized spacial score (nSPS) is 10.8. The van der Waals surface area contributed by atoms with Crippen LogP contribution in [0, 0.1) is 0 Å². The predicted octanol–water partition coefficient (Wildman–Crippen LogP) is 4.46. The minimum atomic E-state index is 0.210. The van der Waals surface area contributed by atoms with Crippen molar-refractivity contribution in [3.63, 3.8) is 0 Å². The van der Waals surface area contributed by atoms with Gasteiger partial charge in [0.2, 0.25) is 0 Å². The molecule has 80 valence electrons. The largest absolute Gasteiger partial charge is 0.508 e. The first-order chi connectivity index (χ1) is 7.74. The number of phenols is 1. The third-order valence-corrected chi connectivity index (χ3v) is 2.17. The van der Waals surface area contributed by atoms with Crippen LogP contribution in [0.25, 0.3) is 0 Å². The lowest BCUT2D eigenvalue weighted by atomic mass is 10.3. The SMILES string of the molecule is Oc1ccc(/N=N/c2cccc(Cl)c2)cc1. The van der Waals surface area contributed by atoms with E-state index in [0.717, 1.165) is 0 Å². The highest BCUT2D eigenvalue weighted by Crippen LogP contribution is 2.22. The fraction of sp³-hybridized carbons (Fsp3) is 0. The lowest BCUT2D eigenvalue weighted by molar-refractivity contribution is 0.475. The van der Waals surface area contributed by atoms with Crippen LogP contribution >= 0.6 is 11.6 Å². The van der Waals surface area contributed by atoms with E-state index in [4.69, 9.17) is 16.7 Å². The molecule has 0 spiro atoms. The van der Waals surface area contributed by atoms with Crippen LogP contribution in [0.1, 0.15) is 0 Å². The summed E-state index contributed by atoms with van der Waals surface area (Å²) in [4.78, 5) is 0. The zero-order chi connectivity index (χ0) is 11.4. The topological polar surface area (TPSA) is 45.0 Å². The first kappa shape index (κ1) is 10.6. The first-order valence-corrected chi connectivity index (χ1v) is 5.08. The molecule has 1 N–H and O–H groups in total. The molecule has 0 saturated carbocycles. The molecular formula is C12H9ClN2O. The van der Waals surface area contributed by atoms with E-state index in [1.807, 2.05) is 12.1 Å². The second kappa shape index (κ2) is 4.77. The monoisotopic (exact) mass is 232 g/mol. The van der Waals surface area contributed by atoms with Crippen LogP contribution in [0.15, 0.2) is 58.8 Å². The van der Waals surface area contributed by atoms with Gasteiger partial charge in [0.25, 0.3) is 0 Å². The number of halogens is 1. The number of azo groups is 1. The fourth-order valence-corrected chi connectivity index (χ4v) is 1.36. The quantitative estimate of drug-likeness (QED) is 0.764. The Morgan fingerprint density at radius 3 is 2.25 bits per heavy atom. The van der Waals surface area contributed by atoms with Crippen LogP contribution in [0.5, 0.6) is 5.75 Å². The lowest BCUT2D eigenvalue weighted by Gasteiger charge is -1.94. The van der Waals surface area contributed by atoms with Crippen molar-refractivity contribution in [1.82, 2.24) is 0 Å². The van der Waals surface area contributed by atoms with Crippen molar-refractivity contribution in [2.75, 3.05) is 0 Å². The molecule has 2 aromatic rings. The summed E-state index contributed by atoms with van der Waals surface area (Å²) < 4.78 is 0. The summed E-state index contributed by atoms with van der Waals surface area (Å²) in [6, 6.07) is 13.6. The molecule has 0 amide bonds. The fourth-order valence-electron chi connectivity index (χ4n) is 1.17. The van der Waals surface area contributed by atoms with Crippen LogP contribution in [-0.4, -0.2) is 5.11 Å². The minimum absolute atomic E-state index is 0.210. The van der Waals surface area contributed by atoms with Crippen molar-refractivity contribution < 1.29 is 5.11 Å². The third kappa shape index (κ3) is 2.81. The molecule has 0 aliphatic rings. The maximum Gasteiger partial charge on any atom is 0.115 e. The Morgan fingerprint density at radius 2 is 1.56 bits per heavy atom. The Labute approximate surface area is 98.0 Å². The molecule has 2 aromatic carbocycles. The van der Waals surface area contributed by atoms with Crippen molar-refractivity contribution in [3.8, 4) is 5.75 Å². The summed E-state index contributed by atoms with van der Waals surface area (Å²) in [5, 5.41) is 17.8. The summed E-state index contributed by atoms with van der Waals surface area (Å²) >= 11 is 5.81. The van der Waals surface area contributed by atoms with Gasteiger partial charge in [0.1, 0.15) is 5.75 Å². The van der Waals surface area contributed by atoms with E-state index in [2.05, 4.69) is 10.2 Å². The van der Waals surface area contributed by atoms with Crippen molar-refractivity contribution in [3.05, 3.63) is 53.6 Å². The van der Waals surface area contributed by atoms with Gasteiger partial charge >= 0.3 is 0 Å². The molecule has 4 heteroatoms. The van der Waals surface area contributed by atoms with E-state index in [0.29, 0.717) is 16.4 Å². The van der Waals surface area contributed by atoms with E-state index in [1.54, 1.807) is 36.4 Å². The van der Waals surface area contributed by atoms with Gasteiger partial charge in [-0.25, -0.2) is 0 Å².